The van der Waals surface area contributed by atoms with Crippen molar-refractivity contribution in [3.8, 4) is 6.07 Å². The molecule has 1 N–H and O–H groups in total. The second-order valence-electron chi connectivity index (χ2n) is 4.45. The quantitative estimate of drug-likeness (QED) is 0.891. The molecule has 0 aliphatic rings. The maximum atomic E-state index is 10.2. The van der Waals surface area contributed by atoms with Crippen molar-refractivity contribution in [2.24, 2.45) is 0 Å². The molecule has 0 aliphatic carbocycles. The van der Waals surface area contributed by atoms with Gasteiger partial charge >= 0.3 is 0 Å². The summed E-state index contributed by atoms with van der Waals surface area (Å²) in [5.74, 6) is 0. The first-order valence-electron chi connectivity index (χ1n) is 5.93. The number of nitriles is 1. The molecule has 90 valence electrons. The Morgan fingerprint density at radius 2 is 1.94 bits per heavy atom. The van der Waals surface area contributed by atoms with Crippen LogP contribution in [0.25, 0.3) is 0 Å². The van der Waals surface area contributed by atoms with Gasteiger partial charge in [-0.2, -0.15) is 5.26 Å². The molecule has 1 unspecified atom stereocenters. The standard InChI is InChI=1S/C16H15NO/c1-12-4-2-5-13(8-12)10-16(18)15-7-3-6-14(9-15)11-17/h2-9,16,18H,10H2,1H3. The molecule has 0 radical (unpaired) electrons. The molecule has 0 aliphatic heterocycles. The zero-order valence-corrected chi connectivity index (χ0v) is 10.3. The van der Waals surface area contributed by atoms with Gasteiger partial charge in [-0.1, -0.05) is 42.0 Å². The van der Waals surface area contributed by atoms with Crippen LogP contribution in [0.2, 0.25) is 0 Å². The molecule has 18 heavy (non-hydrogen) atoms. The Morgan fingerprint density at radius 1 is 1.17 bits per heavy atom. The van der Waals surface area contributed by atoms with Gasteiger partial charge < -0.3 is 5.11 Å². The van der Waals surface area contributed by atoms with Crippen LogP contribution in [0.15, 0.2) is 48.5 Å². The lowest BCUT2D eigenvalue weighted by Crippen LogP contribution is -2.02. The summed E-state index contributed by atoms with van der Waals surface area (Å²) in [5.41, 5.74) is 3.65. The molecule has 0 saturated heterocycles. The van der Waals surface area contributed by atoms with Crippen molar-refractivity contribution >= 4 is 0 Å². The Hall–Kier alpha value is -2.11. The van der Waals surface area contributed by atoms with E-state index >= 15 is 0 Å². The first-order chi connectivity index (χ1) is 8.69. The van der Waals surface area contributed by atoms with Crippen LogP contribution in [-0.4, -0.2) is 5.11 Å². The summed E-state index contributed by atoms with van der Waals surface area (Å²) < 4.78 is 0. The third kappa shape index (κ3) is 2.97. The topological polar surface area (TPSA) is 44.0 Å². The van der Waals surface area contributed by atoms with Gasteiger partial charge in [-0.3, -0.25) is 0 Å². The highest BCUT2D eigenvalue weighted by molar-refractivity contribution is 5.34. The summed E-state index contributed by atoms with van der Waals surface area (Å²) in [6, 6.07) is 17.3. The highest BCUT2D eigenvalue weighted by Gasteiger charge is 2.09. The average molecular weight is 237 g/mol. The molecule has 2 aromatic rings. The molecule has 0 fully saturated rings. The van der Waals surface area contributed by atoms with Crippen LogP contribution < -0.4 is 0 Å². The third-order valence-corrected chi connectivity index (χ3v) is 2.91. The lowest BCUT2D eigenvalue weighted by Gasteiger charge is -2.11. The molecule has 0 saturated carbocycles. The summed E-state index contributed by atoms with van der Waals surface area (Å²) in [5, 5.41) is 19.0. The van der Waals surface area contributed by atoms with E-state index in [2.05, 4.69) is 12.1 Å². The maximum absolute atomic E-state index is 10.2. The summed E-state index contributed by atoms with van der Waals surface area (Å²) in [7, 11) is 0. The van der Waals surface area contributed by atoms with Gasteiger partial charge in [-0.15, -0.1) is 0 Å². The highest BCUT2D eigenvalue weighted by atomic mass is 16.3. The Labute approximate surface area is 107 Å². The van der Waals surface area contributed by atoms with Crippen LogP contribution in [0, 0.1) is 18.3 Å². The van der Waals surface area contributed by atoms with Crippen LogP contribution in [0.3, 0.4) is 0 Å². The summed E-state index contributed by atoms with van der Waals surface area (Å²) in [6.07, 6.45) is -0.00332. The third-order valence-electron chi connectivity index (χ3n) is 2.91. The average Bonchev–Trinajstić information content (AvgIpc) is 2.39. The van der Waals surface area contributed by atoms with Gasteiger partial charge in [0.15, 0.2) is 0 Å². The van der Waals surface area contributed by atoms with E-state index in [0.29, 0.717) is 12.0 Å². The molecule has 2 rings (SSSR count). The molecule has 2 nitrogen and oxygen atoms in total. The number of hydrogen-bond acceptors (Lipinski definition) is 2. The largest absolute Gasteiger partial charge is 0.388 e. The summed E-state index contributed by atoms with van der Waals surface area (Å²) in [6.45, 7) is 2.03. The van der Waals surface area contributed by atoms with Crippen molar-refractivity contribution in [1.82, 2.24) is 0 Å². The van der Waals surface area contributed by atoms with Crippen molar-refractivity contribution in [2.75, 3.05) is 0 Å². The molecule has 2 heteroatoms. The monoisotopic (exact) mass is 237 g/mol. The van der Waals surface area contributed by atoms with Crippen LogP contribution in [0.5, 0.6) is 0 Å². The minimum atomic E-state index is -0.569. The van der Waals surface area contributed by atoms with Crippen LogP contribution in [0.1, 0.15) is 28.4 Å². The van der Waals surface area contributed by atoms with E-state index in [0.717, 1.165) is 11.1 Å². The zero-order chi connectivity index (χ0) is 13.0. The molecule has 0 amide bonds. The Bertz CT molecular complexity index is 584. The van der Waals surface area contributed by atoms with Crippen LogP contribution in [-0.2, 0) is 6.42 Å². The SMILES string of the molecule is Cc1cccc(CC(O)c2cccc(C#N)c2)c1. The first kappa shape index (κ1) is 12.3. The number of aryl methyl sites for hydroxylation is 1. The fourth-order valence-corrected chi connectivity index (χ4v) is 2.00. The lowest BCUT2D eigenvalue weighted by atomic mass is 9.99. The molecule has 0 spiro atoms. The molecule has 0 bridgehead atoms. The van der Waals surface area contributed by atoms with Gasteiger partial charge in [-0.05, 0) is 30.2 Å². The highest BCUT2D eigenvalue weighted by Crippen LogP contribution is 2.19. The van der Waals surface area contributed by atoms with Crippen molar-refractivity contribution in [3.05, 3.63) is 70.8 Å². The second kappa shape index (κ2) is 5.48. The van der Waals surface area contributed by atoms with E-state index in [1.807, 2.05) is 31.2 Å². The molecule has 0 aromatic heterocycles. The number of nitrogens with zero attached hydrogens (tertiary/aromatic N) is 1. The van der Waals surface area contributed by atoms with E-state index in [4.69, 9.17) is 5.26 Å². The summed E-state index contributed by atoms with van der Waals surface area (Å²) in [4.78, 5) is 0. The van der Waals surface area contributed by atoms with E-state index in [-0.39, 0.29) is 0 Å². The van der Waals surface area contributed by atoms with Gasteiger partial charge in [0.2, 0.25) is 0 Å². The lowest BCUT2D eigenvalue weighted by molar-refractivity contribution is 0.178. The normalized spacial score (nSPS) is 11.8. The maximum Gasteiger partial charge on any atom is 0.0991 e. The molecular weight excluding hydrogens is 222 g/mol. The number of benzene rings is 2. The van der Waals surface area contributed by atoms with Gasteiger partial charge in [0.25, 0.3) is 0 Å². The Kier molecular flexibility index (Phi) is 3.76. The minimum Gasteiger partial charge on any atom is -0.388 e. The predicted molar refractivity (Wildman–Crippen MR) is 71.0 cm³/mol. The number of aliphatic hydroxyl groups is 1. The van der Waals surface area contributed by atoms with Gasteiger partial charge in [0.1, 0.15) is 0 Å². The van der Waals surface area contributed by atoms with E-state index < -0.39 is 6.10 Å². The Balaban J connectivity index is 2.17. The van der Waals surface area contributed by atoms with Crippen molar-refractivity contribution in [3.63, 3.8) is 0 Å². The minimum absolute atomic E-state index is 0.566. The van der Waals surface area contributed by atoms with E-state index in [1.165, 1.54) is 5.56 Å². The number of aliphatic hydroxyl groups excluding tert-OH is 1. The predicted octanol–water partition coefficient (Wildman–Crippen LogP) is 3.14. The first-order valence-corrected chi connectivity index (χ1v) is 5.93. The number of rotatable bonds is 3. The zero-order valence-electron chi connectivity index (χ0n) is 10.3. The van der Waals surface area contributed by atoms with Crippen molar-refractivity contribution in [1.29, 1.82) is 5.26 Å². The summed E-state index contributed by atoms with van der Waals surface area (Å²) >= 11 is 0. The van der Waals surface area contributed by atoms with E-state index in [1.54, 1.807) is 18.2 Å². The van der Waals surface area contributed by atoms with Crippen LogP contribution in [0.4, 0.5) is 0 Å². The van der Waals surface area contributed by atoms with Gasteiger partial charge in [0.05, 0.1) is 17.7 Å². The van der Waals surface area contributed by atoms with Crippen LogP contribution >= 0.6 is 0 Å². The fourth-order valence-electron chi connectivity index (χ4n) is 2.00. The smallest absolute Gasteiger partial charge is 0.0991 e. The van der Waals surface area contributed by atoms with E-state index in [9.17, 15) is 5.11 Å². The fraction of sp³-hybridized carbons (Fsp3) is 0.188. The second-order valence-corrected chi connectivity index (χ2v) is 4.45. The molecule has 1 atom stereocenters. The number of hydrogen-bond donors (Lipinski definition) is 1. The molecule has 2 aromatic carbocycles. The van der Waals surface area contributed by atoms with Crippen molar-refractivity contribution < 1.29 is 5.11 Å². The Morgan fingerprint density at radius 3 is 2.67 bits per heavy atom. The molecular formula is C16H15NO. The molecule has 0 heterocycles. The van der Waals surface area contributed by atoms with Crippen molar-refractivity contribution in [2.45, 2.75) is 19.4 Å². The van der Waals surface area contributed by atoms with Gasteiger partial charge in [0, 0.05) is 6.42 Å². The van der Waals surface area contributed by atoms with Gasteiger partial charge in [-0.25, -0.2) is 0 Å².